The third kappa shape index (κ3) is 2.99. The topological polar surface area (TPSA) is 42.0 Å². The number of nitrogens with zero attached hydrogens (tertiary/aromatic N) is 1. The molecule has 1 aromatic heterocycles. The molecule has 0 aliphatic heterocycles. The summed E-state index contributed by atoms with van der Waals surface area (Å²) in [5, 5.41) is 4.26. The van der Waals surface area contributed by atoms with Gasteiger partial charge in [-0.1, -0.05) is 23.7 Å². The van der Waals surface area contributed by atoms with Crippen LogP contribution in [0.25, 0.3) is 0 Å². The van der Waals surface area contributed by atoms with E-state index in [1.807, 2.05) is 18.2 Å². The SMILES string of the molecule is O=Cc1ccc(NC(c2ccc(Cl)cc2)C2CC2)cn1. The normalized spacial score (nSPS) is 15.7. The van der Waals surface area contributed by atoms with Crippen LogP contribution >= 0.6 is 11.6 Å². The van der Waals surface area contributed by atoms with Crippen molar-refractivity contribution < 1.29 is 4.79 Å². The van der Waals surface area contributed by atoms with Crippen LogP contribution in [0.3, 0.4) is 0 Å². The second-order valence-corrected chi connectivity index (χ2v) is 5.54. The summed E-state index contributed by atoms with van der Waals surface area (Å²) in [4.78, 5) is 14.7. The molecule has 1 fully saturated rings. The maximum absolute atomic E-state index is 10.6. The van der Waals surface area contributed by atoms with E-state index in [2.05, 4.69) is 22.4 Å². The lowest BCUT2D eigenvalue weighted by Crippen LogP contribution is -2.13. The van der Waals surface area contributed by atoms with Gasteiger partial charge in [-0.15, -0.1) is 0 Å². The van der Waals surface area contributed by atoms with Gasteiger partial charge in [0, 0.05) is 5.02 Å². The van der Waals surface area contributed by atoms with E-state index in [1.54, 1.807) is 12.3 Å². The van der Waals surface area contributed by atoms with Crippen molar-refractivity contribution in [3.05, 3.63) is 58.9 Å². The smallest absolute Gasteiger partial charge is 0.168 e. The van der Waals surface area contributed by atoms with Crippen molar-refractivity contribution in [2.24, 2.45) is 5.92 Å². The number of pyridine rings is 1. The molecule has 0 bridgehead atoms. The number of halogens is 1. The predicted octanol–water partition coefficient (Wildman–Crippen LogP) is 4.11. The minimum atomic E-state index is 0.274. The average Bonchev–Trinajstić information content (AvgIpc) is 3.31. The van der Waals surface area contributed by atoms with Crippen LogP contribution < -0.4 is 5.32 Å². The third-order valence-corrected chi connectivity index (χ3v) is 3.80. The Hall–Kier alpha value is -1.87. The number of aromatic nitrogens is 1. The van der Waals surface area contributed by atoms with Crippen molar-refractivity contribution in [1.29, 1.82) is 0 Å². The second kappa shape index (κ2) is 5.63. The molecule has 4 heteroatoms. The highest BCUT2D eigenvalue weighted by Gasteiger charge is 2.32. The van der Waals surface area contributed by atoms with Gasteiger partial charge in [0.2, 0.25) is 0 Å². The van der Waals surface area contributed by atoms with Gasteiger partial charge in [-0.3, -0.25) is 9.78 Å². The molecule has 0 spiro atoms. The highest BCUT2D eigenvalue weighted by molar-refractivity contribution is 6.30. The summed E-state index contributed by atoms with van der Waals surface area (Å²) in [5.41, 5.74) is 2.61. The van der Waals surface area contributed by atoms with Crippen LogP contribution in [-0.2, 0) is 0 Å². The number of carbonyl (C=O) groups is 1. The van der Waals surface area contributed by atoms with Gasteiger partial charge in [0.05, 0.1) is 17.9 Å². The molecule has 1 heterocycles. The minimum Gasteiger partial charge on any atom is -0.377 e. The molecule has 1 atom stereocenters. The lowest BCUT2D eigenvalue weighted by Gasteiger charge is -2.20. The van der Waals surface area contributed by atoms with Gasteiger partial charge in [-0.25, -0.2) is 0 Å². The molecule has 3 rings (SSSR count). The van der Waals surface area contributed by atoms with E-state index in [4.69, 9.17) is 11.6 Å². The molecular weight excluding hydrogens is 272 g/mol. The fraction of sp³-hybridized carbons (Fsp3) is 0.250. The quantitative estimate of drug-likeness (QED) is 0.841. The molecular formula is C16H15ClN2O. The van der Waals surface area contributed by atoms with Gasteiger partial charge in [-0.05, 0) is 48.6 Å². The summed E-state index contributed by atoms with van der Waals surface area (Å²) in [6.45, 7) is 0. The average molecular weight is 287 g/mol. The summed E-state index contributed by atoms with van der Waals surface area (Å²) < 4.78 is 0. The second-order valence-electron chi connectivity index (χ2n) is 5.10. The summed E-state index contributed by atoms with van der Waals surface area (Å²) >= 11 is 5.94. The first-order valence-electron chi connectivity index (χ1n) is 6.69. The number of benzene rings is 1. The van der Waals surface area contributed by atoms with E-state index in [-0.39, 0.29) is 6.04 Å². The minimum absolute atomic E-state index is 0.274. The van der Waals surface area contributed by atoms with Crippen LogP contribution in [0.2, 0.25) is 5.02 Å². The van der Waals surface area contributed by atoms with E-state index in [9.17, 15) is 4.79 Å². The molecule has 1 unspecified atom stereocenters. The number of carbonyl (C=O) groups excluding carboxylic acids is 1. The van der Waals surface area contributed by atoms with E-state index < -0.39 is 0 Å². The van der Waals surface area contributed by atoms with E-state index in [0.717, 1.165) is 17.0 Å². The van der Waals surface area contributed by atoms with Crippen molar-refractivity contribution in [2.75, 3.05) is 5.32 Å². The number of hydrogen-bond donors (Lipinski definition) is 1. The first-order chi connectivity index (χ1) is 9.76. The third-order valence-electron chi connectivity index (χ3n) is 3.55. The number of nitrogens with one attached hydrogen (secondary N) is 1. The van der Waals surface area contributed by atoms with Crippen molar-refractivity contribution in [3.8, 4) is 0 Å². The highest BCUT2D eigenvalue weighted by atomic mass is 35.5. The molecule has 2 aromatic rings. The first-order valence-corrected chi connectivity index (χ1v) is 7.07. The molecule has 0 radical (unpaired) electrons. The van der Waals surface area contributed by atoms with E-state index >= 15 is 0 Å². The zero-order valence-corrected chi connectivity index (χ0v) is 11.7. The number of aldehydes is 1. The van der Waals surface area contributed by atoms with Gasteiger partial charge in [0.25, 0.3) is 0 Å². The van der Waals surface area contributed by atoms with E-state index in [1.165, 1.54) is 18.4 Å². The van der Waals surface area contributed by atoms with Crippen LogP contribution in [0.1, 0.15) is 34.9 Å². The molecule has 0 saturated heterocycles. The highest BCUT2D eigenvalue weighted by Crippen LogP contribution is 2.42. The first kappa shape index (κ1) is 13.1. The van der Waals surface area contributed by atoms with Gasteiger partial charge in [0.1, 0.15) is 5.69 Å². The van der Waals surface area contributed by atoms with Crippen molar-refractivity contribution in [3.63, 3.8) is 0 Å². The zero-order valence-electron chi connectivity index (χ0n) is 10.9. The van der Waals surface area contributed by atoms with Crippen LogP contribution in [0.4, 0.5) is 5.69 Å². The van der Waals surface area contributed by atoms with Crippen molar-refractivity contribution >= 4 is 23.6 Å². The van der Waals surface area contributed by atoms with Crippen LogP contribution in [-0.4, -0.2) is 11.3 Å². The predicted molar refractivity (Wildman–Crippen MR) is 80.2 cm³/mol. The van der Waals surface area contributed by atoms with Crippen LogP contribution in [0.15, 0.2) is 42.6 Å². The molecule has 1 aliphatic carbocycles. The Morgan fingerprint density at radius 2 is 1.95 bits per heavy atom. The summed E-state index contributed by atoms with van der Waals surface area (Å²) in [6.07, 6.45) is 4.93. The Labute approximate surface area is 123 Å². The molecule has 3 nitrogen and oxygen atoms in total. The maximum Gasteiger partial charge on any atom is 0.168 e. The Balaban J connectivity index is 1.80. The lowest BCUT2D eigenvalue weighted by atomic mass is 10.0. The van der Waals surface area contributed by atoms with Gasteiger partial charge in [-0.2, -0.15) is 0 Å². The van der Waals surface area contributed by atoms with Crippen LogP contribution in [0.5, 0.6) is 0 Å². The molecule has 1 N–H and O–H groups in total. The summed E-state index contributed by atoms with van der Waals surface area (Å²) in [7, 11) is 0. The fourth-order valence-corrected chi connectivity index (χ4v) is 2.44. The molecule has 1 aromatic carbocycles. The molecule has 20 heavy (non-hydrogen) atoms. The zero-order chi connectivity index (χ0) is 13.9. The Morgan fingerprint density at radius 3 is 2.50 bits per heavy atom. The Morgan fingerprint density at radius 1 is 1.20 bits per heavy atom. The Bertz CT molecular complexity index is 591. The van der Waals surface area contributed by atoms with Gasteiger partial charge < -0.3 is 5.32 Å². The molecule has 1 saturated carbocycles. The van der Waals surface area contributed by atoms with Gasteiger partial charge >= 0.3 is 0 Å². The van der Waals surface area contributed by atoms with Crippen molar-refractivity contribution in [1.82, 2.24) is 4.98 Å². The molecule has 0 amide bonds. The lowest BCUT2D eigenvalue weighted by molar-refractivity contribution is 0.111. The Kier molecular flexibility index (Phi) is 3.70. The summed E-state index contributed by atoms with van der Waals surface area (Å²) in [6, 6.07) is 11.8. The van der Waals surface area contributed by atoms with Gasteiger partial charge in [0.15, 0.2) is 6.29 Å². The standard InChI is InChI=1S/C16H15ClN2O/c17-13-5-3-12(4-6-13)16(11-1-2-11)19-14-7-8-15(10-20)18-9-14/h3-11,16,19H,1-2H2. The summed E-state index contributed by atoms with van der Waals surface area (Å²) in [5.74, 6) is 0.655. The van der Waals surface area contributed by atoms with E-state index in [0.29, 0.717) is 11.6 Å². The largest absolute Gasteiger partial charge is 0.377 e. The number of rotatable bonds is 5. The number of anilines is 1. The monoisotopic (exact) mass is 286 g/mol. The molecule has 1 aliphatic rings. The molecule has 102 valence electrons. The van der Waals surface area contributed by atoms with Crippen LogP contribution in [0, 0.1) is 5.92 Å². The fourth-order valence-electron chi connectivity index (χ4n) is 2.31. The maximum atomic E-state index is 10.6. The number of hydrogen-bond acceptors (Lipinski definition) is 3. The van der Waals surface area contributed by atoms with Crippen molar-refractivity contribution in [2.45, 2.75) is 18.9 Å².